The first-order valence-corrected chi connectivity index (χ1v) is 9.53. The van der Waals surface area contributed by atoms with Gasteiger partial charge in [0.1, 0.15) is 11.6 Å². The number of amides is 1. The van der Waals surface area contributed by atoms with E-state index >= 15 is 0 Å². The molecule has 2 aromatic rings. The zero-order chi connectivity index (χ0) is 19.4. The molecule has 0 radical (unpaired) electrons. The van der Waals surface area contributed by atoms with Crippen LogP contribution in [0.2, 0.25) is 0 Å². The Hall–Kier alpha value is -2.27. The molecule has 0 unspecified atom stereocenters. The molecule has 0 N–H and O–H groups in total. The number of likely N-dealkylation sites (tertiary alicyclic amines) is 1. The summed E-state index contributed by atoms with van der Waals surface area (Å²) in [5.41, 5.74) is 2.20. The highest BCUT2D eigenvalue weighted by atomic mass is 19.1. The van der Waals surface area contributed by atoms with Crippen LogP contribution in [0.1, 0.15) is 37.3 Å². The largest absolute Gasteiger partial charge is 0.309 e. The molecule has 0 aliphatic carbocycles. The number of rotatable bonds is 5. The molecule has 0 saturated carbocycles. The van der Waals surface area contributed by atoms with E-state index < -0.39 is 11.6 Å². The molecule has 1 aliphatic heterocycles. The van der Waals surface area contributed by atoms with Gasteiger partial charge in [0.15, 0.2) is 0 Å². The minimum Gasteiger partial charge on any atom is -0.309 e. The monoisotopic (exact) mass is 372 g/mol. The molecule has 1 fully saturated rings. The van der Waals surface area contributed by atoms with Crippen molar-refractivity contribution < 1.29 is 13.6 Å². The smallest absolute Gasteiger partial charge is 0.226 e. The third-order valence-electron chi connectivity index (χ3n) is 5.25. The average molecular weight is 372 g/mol. The van der Waals surface area contributed by atoms with Crippen LogP contribution in [0.15, 0.2) is 42.5 Å². The fourth-order valence-electron chi connectivity index (χ4n) is 3.68. The van der Waals surface area contributed by atoms with E-state index in [4.69, 9.17) is 0 Å². The lowest BCUT2D eigenvalue weighted by Crippen LogP contribution is -2.47. The van der Waals surface area contributed by atoms with Gasteiger partial charge in [-0.1, -0.05) is 30.7 Å². The van der Waals surface area contributed by atoms with Crippen molar-refractivity contribution in [3.05, 3.63) is 65.2 Å². The molecule has 144 valence electrons. The quantitative estimate of drug-likeness (QED) is 0.761. The maximum absolute atomic E-state index is 13.9. The molecule has 27 heavy (non-hydrogen) atoms. The van der Waals surface area contributed by atoms with Crippen LogP contribution >= 0.6 is 0 Å². The zero-order valence-electron chi connectivity index (χ0n) is 15.9. The highest BCUT2D eigenvalue weighted by molar-refractivity contribution is 5.93. The standard InChI is InChI=1S/C22H26F2N2O/c1-3-22(27)26(17-9-7-16(2)8-10-17)18-11-13-25(14-12-18)15-19-20(23)5-4-6-21(19)24/h4-10,18H,3,11-15H2,1-2H3. The number of nitrogens with zero attached hydrogens (tertiary/aromatic N) is 2. The van der Waals surface area contributed by atoms with Crippen LogP contribution in [0.5, 0.6) is 0 Å². The molecule has 1 amide bonds. The van der Waals surface area contributed by atoms with Gasteiger partial charge in [0.2, 0.25) is 5.91 Å². The van der Waals surface area contributed by atoms with Crippen molar-refractivity contribution in [2.75, 3.05) is 18.0 Å². The lowest BCUT2D eigenvalue weighted by Gasteiger charge is -2.38. The SMILES string of the molecule is CCC(=O)N(c1ccc(C)cc1)C1CCN(Cc2c(F)cccc2F)CC1. The normalized spacial score (nSPS) is 15.7. The number of carbonyl (C=O) groups excluding carboxylic acids is 1. The Kier molecular flexibility index (Phi) is 6.22. The molecule has 0 bridgehead atoms. The number of carbonyl (C=O) groups is 1. The van der Waals surface area contributed by atoms with Gasteiger partial charge in [-0.3, -0.25) is 9.69 Å². The summed E-state index contributed by atoms with van der Waals surface area (Å²) in [7, 11) is 0. The van der Waals surface area contributed by atoms with Crippen LogP contribution in [0.4, 0.5) is 14.5 Å². The van der Waals surface area contributed by atoms with Crippen molar-refractivity contribution in [3.63, 3.8) is 0 Å². The molecular formula is C22H26F2N2O. The Bertz CT molecular complexity index is 763. The van der Waals surface area contributed by atoms with Gasteiger partial charge in [0.25, 0.3) is 0 Å². The van der Waals surface area contributed by atoms with Crippen LogP contribution in [0.25, 0.3) is 0 Å². The number of piperidine rings is 1. The van der Waals surface area contributed by atoms with Gasteiger partial charge in [-0.2, -0.15) is 0 Å². The molecule has 3 nitrogen and oxygen atoms in total. The minimum absolute atomic E-state index is 0.109. The summed E-state index contributed by atoms with van der Waals surface area (Å²) >= 11 is 0. The number of hydrogen-bond acceptors (Lipinski definition) is 2. The molecule has 0 aromatic heterocycles. The van der Waals surface area contributed by atoms with Crippen LogP contribution in [0, 0.1) is 18.6 Å². The van der Waals surface area contributed by atoms with Crippen LogP contribution in [-0.4, -0.2) is 29.9 Å². The Labute approximate surface area is 159 Å². The van der Waals surface area contributed by atoms with Gasteiger partial charge in [0.05, 0.1) is 0 Å². The molecule has 1 saturated heterocycles. The van der Waals surface area contributed by atoms with Crippen molar-refractivity contribution in [1.29, 1.82) is 0 Å². The predicted molar refractivity (Wildman–Crippen MR) is 104 cm³/mol. The van der Waals surface area contributed by atoms with Gasteiger partial charge in [0, 0.05) is 43.3 Å². The van der Waals surface area contributed by atoms with Crippen molar-refractivity contribution in [3.8, 4) is 0 Å². The van der Waals surface area contributed by atoms with E-state index in [2.05, 4.69) is 4.90 Å². The maximum atomic E-state index is 13.9. The van der Waals surface area contributed by atoms with Gasteiger partial charge in [-0.15, -0.1) is 0 Å². The van der Waals surface area contributed by atoms with Gasteiger partial charge < -0.3 is 4.90 Å². The second kappa shape index (κ2) is 8.61. The van der Waals surface area contributed by atoms with E-state index in [1.807, 2.05) is 43.0 Å². The summed E-state index contributed by atoms with van der Waals surface area (Å²) in [6.45, 7) is 5.57. The molecule has 5 heteroatoms. The third-order valence-corrected chi connectivity index (χ3v) is 5.25. The van der Waals surface area contributed by atoms with Crippen molar-refractivity contribution >= 4 is 11.6 Å². The first kappa shape index (κ1) is 19.5. The van der Waals surface area contributed by atoms with Crippen LogP contribution in [-0.2, 0) is 11.3 Å². The number of aryl methyl sites for hydroxylation is 1. The molecule has 0 atom stereocenters. The number of hydrogen-bond donors (Lipinski definition) is 0. The van der Waals surface area contributed by atoms with Crippen LogP contribution < -0.4 is 4.90 Å². The fourth-order valence-corrected chi connectivity index (χ4v) is 3.68. The number of anilines is 1. The number of benzene rings is 2. The lowest BCUT2D eigenvalue weighted by molar-refractivity contribution is -0.119. The van der Waals surface area contributed by atoms with Crippen molar-refractivity contribution in [2.24, 2.45) is 0 Å². The molecule has 2 aromatic carbocycles. The maximum Gasteiger partial charge on any atom is 0.226 e. The van der Waals surface area contributed by atoms with E-state index in [9.17, 15) is 13.6 Å². The van der Waals surface area contributed by atoms with E-state index in [0.717, 1.165) is 24.1 Å². The number of halogens is 2. The summed E-state index contributed by atoms with van der Waals surface area (Å²) in [5.74, 6) is -0.892. The fraction of sp³-hybridized carbons (Fsp3) is 0.409. The van der Waals surface area contributed by atoms with E-state index in [1.165, 1.54) is 18.2 Å². The lowest BCUT2D eigenvalue weighted by atomic mass is 10.0. The van der Waals surface area contributed by atoms with Gasteiger partial charge in [-0.05, 0) is 44.0 Å². The Balaban J connectivity index is 1.69. The minimum atomic E-state index is -0.500. The topological polar surface area (TPSA) is 23.6 Å². The first-order valence-electron chi connectivity index (χ1n) is 9.53. The molecular weight excluding hydrogens is 346 g/mol. The van der Waals surface area contributed by atoms with Crippen LogP contribution in [0.3, 0.4) is 0 Å². The summed E-state index contributed by atoms with van der Waals surface area (Å²) < 4.78 is 27.8. The van der Waals surface area contributed by atoms with E-state index in [-0.39, 0.29) is 24.1 Å². The molecule has 1 aliphatic rings. The Morgan fingerprint density at radius 1 is 1.07 bits per heavy atom. The van der Waals surface area contributed by atoms with E-state index in [0.29, 0.717) is 19.5 Å². The summed E-state index contributed by atoms with van der Waals surface area (Å²) in [5, 5.41) is 0. The third kappa shape index (κ3) is 4.53. The summed E-state index contributed by atoms with van der Waals surface area (Å²) in [6.07, 6.45) is 2.03. The second-order valence-electron chi connectivity index (χ2n) is 7.16. The Morgan fingerprint density at radius 2 is 1.67 bits per heavy atom. The summed E-state index contributed by atoms with van der Waals surface area (Å²) in [6, 6.07) is 12.1. The average Bonchev–Trinajstić information content (AvgIpc) is 2.67. The van der Waals surface area contributed by atoms with Crippen molar-refractivity contribution in [1.82, 2.24) is 4.90 Å². The molecule has 1 heterocycles. The summed E-state index contributed by atoms with van der Waals surface area (Å²) in [4.78, 5) is 16.5. The van der Waals surface area contributed by atoms with Gasteiger partial charge >= 0.3 is 0 Å². The molecule has 3 rings (SSSR count). The van der Waals surface area contributed by atoms with Gasteiger partial charge in [-0.25, -0.2) is 8.78 Å². The molecule has 0 spiro atoms. The zero-order valence-corrected chi connectivity index (χ0v) is 15.9. The second-order valence-corrected chi connectivity index (χ2v) is 7.16. The highest BCUT2D eigenvalue weighted by Gasteiger charge is 2.29. The first-order chi connectivity index (χ1) is 13.0. The Morgan fingerprint density at radius 3 is 2.22 bits per heavy atom. The predicted octanol–water partition coefficient (Wildman–Crippen LogP) is 4.68. The van der Waals surface area contributed by atoms with E-state index in [1.54, 1.807) is 0 Å². The highest BCUT2D eigenvalue weighted by Crippen LogP contribution is 2.26. The van der Waals surface area contributed by atoms with Crippen molar-refractivity contribution in [2.45, 2.75) is 45.7 Å².